The van der Waals surface area contributed by atoms with Crippen LogP contribution < -0.4 is 10.6 Å². The molecule has 0 spiro atoms. The molecule has 0 aliphatic carbocycles. The molecular weight excluding hydrogens is 245 g/mol. The highest BCUT2D eigenvalue weighted by atomic mass is 19.2. The van der Waals surface area contributed by atoms with Crippen LogP contribution in [0.5, 0.6) is 0 Å². The van der Waals surface area contributed by atoms with Crippen LogP contribution in [0.3, 0.4) is 0 Å². The lowest BCUT2D eigenvalue weighted by Crippen LogP contribution is -2.37. The fraction of sp³-hybridized carbons (Fsp3) is 0.417. The zero-order chi connectivity index (χ0) is 13.1. The van der Waals surface area contributed by atoms with Gasteiger partial charge in [0.1, 0.15) is 6.04 Å². The first-order chi connectivity index (χ1) is 8.58. The molecule has 1 atom stereocenters. The van der Waals surface area contributed by atoms with E-state index in [-0.39, 0.29) is 11.6 Å². The smallest absolute Gasteiger partial charge is 0.242 e. The van der Waals surface area contributed by atoms with Gasteiger partial charge in [-0.15, -0.1) is 0 Å². The second-order valence-corrected chi connectivity index (χ2v) is 4.24. The van der Waals surface area contributed by atoms with E-state index < -0.39 is 23.5 Å². The summed E-state index contributed by atoms with van der Waals surface area (Å²) in [5.41, 5.74) is 0.0634. The second-order valence-electron chi connectivity index (χ2n) is 4.24. The summed E-state index contributed by atoms with van der Waals surface area (Å²) in [6.07, 6.45) is 2.28. The van der Waals surface area contributed by atoms with E-state index in [1.165, 1.54) is 0 Å². The number of carbonyl (C=O) groups excluding carboxylic acids is 1. The molecule has 1 saturated heterocycles. The summed E-state index contributed by atoms with van der Waals surface area (Å²) in [5.74, 6) is -4.26. The van der Waals surface area contributed by atoms with Gasteiger partial charge in [-0.25, -0.2) is 13.2 Å². The largest absolute Gasteiger partial charge is 0.374 e. The molecule has 1 unspecified atom stereocenters. The Morgan fingerprint density at radius 2 is 1.83 bits per heavy atom. The molecule has 1 aliphatic heterocycles. The Morgan fingerprint density at radius 1 is 1.17 bits per heavy atom. The number of halogens is 3. The van der Waals surface area contributed by atoms with Crippen molar-refractivity contribution in [3.05, 3.63) is 29.6 Å². The summed E-state index contributed by atoms with van der Waals surface area (Å²) >= 11 is 0. The number of rotatable bonds is 2. The minimum Gasteiger partial charge on any atom is -0.374 e. The van der Waals surface area contributed by atoms with Gasteiger partial charge in [0.05, 0.1) is 0 Å². The molecule has 98 valence electrons. The molecule has 2 rings (SSSR count). The maximum atomic E-state index is 13.0. The Kier molecular flexibility index (Phi) is 3.74. The average molecular weight is 258 g/mol. The molecule has 18 heavy (non-hydrogen) atoms. The highest BCUT2D eigenvalue weighted by Gasteiger charge is 2.21. The number of hydrogen-bond acceptors (Lipinski definition) is 2. The van der Waals surface area contributed by atoms with E-state index in [2.05, 4.69) is 10.6 Å². The van der Waals surface area contributed by atoms with Gasteiger partial charge in [0.2, 0.25) is 5.91 Å². The summed E-state index contributed by atoms with van der Waals surface area (Å²) in [6.45, 7) is 0.600. The molecule has 1 heterocycles. The number of anilines is 1. The maximum Gasteiger partial charge on any atom is 0.242 e. The van der Waals surface area contributed by atoms with Gasteiger partial charge in [-0.05, 0) is 19.3 Å². The minimum absolute atomic E-state index is 0.0634. The fourth-order valence-corrected chi connectivity index (χ4v) is 1.92. The normalized spacial score (nSPS) is 20.2. The van der Waals surface area contributed by atoms with Gasteiger partial charge < -0.3 is 10.6 Å². The minimum atomic E-state index is -1.51. The van der Waals surface area contributed by atoms with E-state index >= 15 is 0 Å². The highest BCUT2D eigenvalue weighted by molar-refractivity contribution is 5.84. The molecule has 0 bridgehead atoms. The summed E-state index contributed by atoms with van der Waals surface area (Å²) in [6, 6.07) is 1.14. The first-order valence-corrected chi connectivity index (χ1v) is 5.76. The number of benzene rings is 1. The van der Waals surface area contributed by atoms with Crippen molar-refractivity contribution < 1.29 is 18.0 Å². The Morgan fingerprint density at radius 3 is 2.50 bits per heavy atom. The molecule has 2 N–H and O–H groups in total. The third-order valence-corrected chi connectivity index (χ3v) is 2.86. The van der Waals surface area contributed by atoms with E-state index in [0.717, 1.165) is 25.0 Å². The molecule has 1 fully saturated rings. The first kappa shape index (κ1) is 12.7. The van der Waals surface area contributed by atoms with Crippen LogP contribution in [0.2, 0.25) is 0 Å². The van der Waals surface area contributed by atoms with Crippen LogP contribution in [0.1, 0.15) is 19.3 Å². The zero-order valence-electron chi connectivity index (χ0n) is 9.60. The number of hydrogen-bond donors (Lipinski definition) is 2. The standard InChI is InChI=1S/C12H13F3N2O/c13-8-5-7(6-9(14)11(8)15)17-10-3-1-2-4-16-12(10)18/h5-6,10,17H,1-4H2,(H,16,18). The summed E-state index contributed by atoms with van der Waals surface area (Å²) in [4.78, 5) is 11.6. The Bertz CT molecular complexity index is 442. The average Bonchev–Trinajstić information content (AvgIpc) is 2.52. The molecule has 3 nitrogen and oxygen atoms in total. The fourth-order valence-electron chi connectivity index (χ4n) is 1.92. The third-order valence-electron chi connectivity index (χ3n) is 2.86. The SMILES string of the molecule is O=C1NCCCCC1Nc1cc(F)c(F)c(F)c1. The van der Waals surface area contributed by atoms with Gasteiger partial charge in [-0.3, -0.25) is 4.79 Å². The van der Waals surface area contributed by atoms with Crippen molar-refractivity contribution in [2.24, 2.45) is 0 Å². The Hall–Kier alpha value is -1.72. The monoisotopic (exact) mass is 258 g/mol. The van der Waals surface area contributed by atoms with Crippen LogP contribution in [0.25, 0.3) is 0 Å². The van der Waals surface area contributed by atoms with Crippen LogP contribution >= 0.6 is 0 Å². The van der Waals surface area contributed by atoms with Crippen molar-refractivity contribution >= 4 is 11.6 Å². The number of amides is 1. The van der Waals surface area contributed by atoms with Crippen molar-refractivity contribution in [2.75, 3.05) is 11.9 Å². The Labute approximate surface area is 102 Å². The molecule has 1 aromatic carbocycles. The van der Waals surface area contributed by atoms with Crippen molar-refractivity contribution in [3.63, 3.8) is 0 Å². The van der Waals surface area contributed by atoms with E-state index in [9.17, 15) is 18.0 Å². The highest BCUT2D eigenvalue weighted by Crippen LogP contribution is 2.19. The van der Waals surface area contributed by atoms with Crippen LogP contribution in [0.4, 0.5) is 18.9 Å². The van der Waals surface area contributed by atoms with Crippen LogP contribution in [-0.4, -0.2) is 18.5 Å². The van der Waals surface area contributed by atoms with Crippen molar-refractivity contribution in [2.45, 2.75) is 25.3 Å². The van der Waals surface area contributed by atoms with Crippen molar-refractivity contribution in [1.29, 1.82) is 0 Å². The van der Waals surface area contributed by atoms with Gasteiger partial charge in [-0.2, -0.15) is 0 Å². The predicted molar refractivity (Wildman–Crippen MR) is 60.6 cm³/mol. The quantitative estimate of drug-likeness (QED) is 0.798. The Balaban J connectivity index is 2.15. The molecule has 1 amide bonds. The molecule has 1 aliphatic rings. The third kappa shape index (κ3) is 2.75. The zero-order valence-corrected chi connectivity index (χ0v) is 9.60. The van der Waals surface area contributed by atoms with Crippen molar-refractivity contribution in [1.82, 2.24) is 5.32 Å². The summed E-state index contributed by atoms with van der Waals surface area (Å²) in [7, 11) is 0. The number of carbonyl (C=O) groups is 1. The molecule has 1 aromatic rings. The number of nitrogens with one attached hydrogen (secondary N) is 2. The van der Waals surface area contributed by atoms with Crippen molar-refractivity contribution in [3.8, 4) is 0 Å². The maximum absolute atomic E-state index is 13.0. The summed E-state index contributed by atoms with van der Waals surface area (Å²) in [5, 5.41) is 5.41. The molecule has 0 saturated carbocycles. The van der Waals surface area contributed by atoms with Crippen LogP contribution in [0, 0.1) is 17.5 Å². The van der Waals surface area contributed by atoms with E-state index in [0.29, 0.717) is 13.0 Å². The van der Waals surface area contributed by atoms with E-state index in [4.69, 9.17) is 0 Å². The van der Waals surface area contributed by atoms with Gasteiger partial charge in [-0.1, -0.05) is 0 Å². The molecular formula is C12H13F3N2O. The lowest BCUT2D eigenvalue weighted by atomic mass is 10.1. The van der Waals surface area contributed by atoms with Gasteiger partial charge >= 0.3 is 0 Å². The molecule has 6 heteroatoms. The van der Waals surface area contributed by atoms with E-state index in [1.807, 2.05) is 0 Å². The van der Waals surface area contributed by atoms with Gasteiger partial charge in [0.25, 0.3) is 0 Å². The molecule has 0 aromatic heterocycles. The van der Waals surface area contributed by atoms with E-state index in [1.54, 1.807) is 0 Å². The molecule has 0 radical (unpaired) electrons. The van der Waals surface area contributed by atoms with Gasteiger partial charge in [0, 0.05) is 24.4 Å². The predicted octanol–water partition coefficient (Wildman–Crippen LogP) is 2.18. The van der Waals surface area contributed by atoms with Crippen LogP contribution in [0.15, 0.2) is 12.1 Å². The topological polar surface area (TPSA) is 41.1 Å². The first-order valence-electron chi connectivity index (χ1n) is 5.76. The summed E-state index contributed by atoms with van der Waals surface area (Å²) < 4.78 is 38.8. The second kappa shape index (κ2) is 5.29. The lowest BCUT2D eigenvalue weighted by molar-refractivity contribution is -0.121. The van der Waals surface area contributed by atoms with Gasteiger partial charge in [0.15, 0.2) is 17.5 Å². The van der Waals surface area contributed by atoms with Crippen LogP contribution in [-0.2, 0) is 4.79 Å². The lowest BCUT2D eigenvalue weighted by Gasteiger charge is -2.16.